The number of aromatic nitrogens is 2. The Labute approximate surface area is 109 Å². The molecule has 3 rings (SSSR count). The summed E-state index contributed by atoms with van der Waals surface area (Å²) in [4.78, 5) is 4.63. The Balaban J connectivity index is 1.61. The van der Waals surface area contributed by atoms with Crippen molar-refractivity contribution in [1.82, 2.24) is 15.5 Å². The van der Waals surface area contributed by atoms with Crippen molar-refractivity contribution >= 4 is 0 Å². The second-order valence-electron chi connectivity index (χ2n) is 6.08. The molecule has 0 bridgehead atoms. The van der Waals surface area contributed by atoms with Gasteiger partial charge in [-0.15, -0.1) is 0 Å². The lowest BCUT2D eigenvalue weighted by Crippen LogP contribution is -2.13. The van der Waals surface area contributed by atoms with Crippen LogP contribution in [0.1, 0.15) is 56.7 Å². The summed E-state index contributed by atoms with van der Waals surface area (Å²) in [5.41, 5.74) is 0. The minimum Gasteiger partial charge on any atom is -0.339 e. The Bertz CT molecular complexity index is 384. The first kappa shape index (κ1) is 12.2. The van der Waals surface area contributed by atoms with Crippen LogP contribution in [-0.2, 0) is 6.42 Å². The fraction of sp³-hybridized carbons (Fsp3) is 0.857. The van der Waals surface area contributed by atoms with Gasteiger partial charge in [0.1, 0.15) is 0 Å². The predicted octanol–water partition coefficient (Wildman–Crippen LogP) is 2.52. The lowest BCUT2D eigenvalue weighted by molar-refractivity contribution is 0.317. The molecule has 100 valence electrons. The van der Waals surface area contributed by atoms with E-state index in [2.05, 4.69) is 22.4 Å². The van der Waals surface area contributed by atoms with Gasteiger partial charge in [0.05, 0.1) is 0 Å². The second kappa shape index (κ2) is 5.39. The monoisotopic (exact) mass is 249 g/mol. The van der Waals surface area contributed by atoms with Crippen molar-refractivity contribution in [2.75, 3.05) is 13.1 Å². The van der Waals surface area contributed by atoms with Crippen LogP contribution in [-0.4, -0.2) is 23.2 Å². The Morgan fingerprint density at radius 3 is 3.06 bits per heavy atom. The minimum absolute atomic E-state index is 0.535. The molecule has 1 saturated heterocycles. The van der Waals surface area contributed by atoms with Gasteiger partial charge in [-0.1, -0.05) is 24.9 Å². The smallest absolute Gasteiger partial charge is 0.226 e. The lowest BCUT2D eigenvalue weighted by atomic mass is 9.82. The fourth-order valence-electron chi connectivity index (χ4n) is 3.32. The summed E-state index contributed by atoms with van der Waals surface area (Å²) in [6, 6.07) is 0. The van der Waals surface area contributed by atoms with E-state index < -0.39 is 0 Å². The summed E-state index contributed by atoms with van der Waals surface area (Å²) in [6.07, 6.45) is 7.30. The SMILES string of the molecule is CC1CCCC(c2noc(CC3CCNC3)n2)C1. The molecule has 0 amide bonds. The van der Waals surface area contributed by atoms with Crippen LogP contribution in [0.5, 0.6) is 0 Å². The van der Waals surface area contributed by atoms with Crippen LogP contribution < -0.4 is 5.32 Å². The Hall–Kier alpha value is -0.900. The molecule has 4 nitrogen and oxygen atoms in total. The molecule has 1 aliphatic carbocycles. The number of nitrogens with zero attached hydrogens (tertiary/aromatic N) is 2. The van der Waals surface area contributed by atoms with Gasteiger partial charge < -0.3 is 9.84 Å². The van der Waals surface area contributed by atoms with E-state index in [4.69, 9.17) is 4.52 Å². The molecule has 1 N–H and O–H groups in total. The molecule has 1 saturated carbocycles. The number of hydrogen-bond acceptors (Lipinski definition) is 4. The highest BCUT2D eigenvalue weighted by atomic mass is 16.5. The molecular formula is C14H23N3O. The first-order chi connectivity index (χ1) is 8.81. The van der Waals surface area contributed by atoms with Crippen molar-refractivity contribution in [3.8, 4) is 0 Å². The van der Waals surface area contributed by atoms with Crippen LogP contribution in [0.15, 0.2) is 4.52 Å². The molecular weight excluding hydrogens is 226 g/mol. The molecule has 1 aliphatic heterocycles. The van der Waals surface area contributed by atoms with E-state index in [1.807, 2.05) is 0 Å². The molecule has 3 atom stereocenters. The summed E-state index contributed by atoms with van der Waals surface area (Å²) in [5, 5.41) is 7.59. The van der Waals surface area contributed by atoms with Crippen molar-refractivity contribution in [1.29, 1.82) is 0 Å². The third-order valence-corrected chi connectivity index (χ3v) is 4.41. The Morgan fingerprint density at radius 2 is 2.28 bits per heavy atom. The molecule has 1 aromatic rings. The highest BCUT2D eigenvalue weighted by Gasteiger charge is 2.25. The van der Waals surface area contributed by atoms with Gasteiger partial charge >= 0.3 is 0 Å². The van der Waals surface area contributed by atoms with Gasteiger partial charge in [-0.3, -0.25) is 0 Å². The summed E-state index contributed by atoms with van der Waals surface area (Å²) in [7, 11) is 0. The summed E-state index contributed by atoms with van der Waals surface area (Å²) in [6.45, 7) is 4.56. The van der Waals surface area contributed by atoms with Crippen LogP contribution in [0, 0.1) is 11.8 Å². The lowest BCUT2D eigenvalue weighted by Gasteiger charge is -2.23. The molecule has 2 heterocycles. The quantitative estimate of drug-likeness (QED) is 0.894. The van der Waals surface area contributed by atoms with Crippen molar-refractivity contribution in [2.45, 2.75) is 51.4 Å². The topological polar surface area (TPSA) is 51.0 Å². The van der Waals surface area contributed by atoms with Gasteiger partial charge in [0, 0.05) is 12.3 Å². The van der Waals surface area contributed by atoms with Crippen molar-refractivity contribution in [3.63, 3.8) is 0 Å². The van der Waals surface area contributed by atoms with E-state index in [9.17, 15) is 0 Å². The Morgan fingerprint density at radius 1 is 1.33 bits per heavy atom. The van der Waals surface area contributed by atoms with E-state index in [0.717, 1.165) is 37.1 Å². The largest absolute Gasteiger partial charge is 0.339 e. The first-order valence-electron chi connectivity index (χ1n) is 7.34. The van der Waals surface area contributed by atoms with Crippen molar-refractivity contribution < 1.29 is 4.52 Å². The average Bonchev–Trinajstić information content (AvgIpc) is 3.01. The molecule has 2 fully saturated rings. The van der Waals surface area contributed by atoms with Crippen LogP contribution in [0.2, 0.25) is 0 Å². The summed E-state index contributed by atoms with van der Waals surface area (Å²) >= 11 is 0. The van der Waals surface area contributed by atoms with Crippen LogP contribution in [0.25, 0.3) is 0 Å². The Kier molecular flexibility index (Phi) is 3.64. The van der Waals surface area contributed by atoms with Gasteiger partial charge in [-0.2, -0.15) is 4.98 Å². The highest BCUT2D eigenvalue weighted by Crippen LogP contribution is 2.34. The van der Waals surface area contributed by atoms with Gasteiger partial charge in [0.2, 0.25) is 5.89 Å². The third kappa shape index (κ3) is 2.74. The van der Waals surface area contributed by atoms with Gasteiger partial charge in [0.15, 0.2) is 5.82 Å². The maximum atomic E-state index is 5.43. The van der Waals surface area contributed by atoms with E-state index in [1.165, 1.54) is 32.1 Å². The first-order valence-corrected chi connectivity index (χ1v) is 7.34. The molecule has 18 heavy (non-hydrogen) atoms. The van der Waals surface area contributed by atoms with Gasteiger partial charge in [-0.05, 0) is 44.2 Å². The minimum atomic E-state index is 0.535. The van der Waals surface area contributed by atoms with Gasteiger partial charge in [0.25, 0.3) is 0 Å². The van der Waals surface area contributed by atoms with E-state index in [-0.39, 0.29) is 0 Å². The summed E-state index contributed by atoms with van der Waals surface area (Å²) < 4.78 is 5.43. The van der Waals surface area contributed by atoms with Crippen LogP contribution in [0.4, 0.5) is 0 Å². The fourth-order valence-corrected chi connectivity index (χ4v) is 3.32. The number of rotatable bonds is 3. The standard InChI is InChI=1S/C14H23N3O/c1-10-3-2-4-12(7-10)14-16-13(18-17-14)8-11-5-6-15-9-11/h10-12,15H,2-9H2,1H3. The maximum absolute atomic E-state index is 5.43. The normalized spacial score (nSPS) is 32.8. The van der Waals surface area contributed by atoms with Crippen LogP contribution >= 0.6 is 0 Å². The highest BCUT2D eigenvalue weighted by molar-refractivity contribution is 4.98. The van der Waals surface area contributed by atoms with Crippen LogP contribution in [0.3, 0.4) is 0 Å². The van der Waals surface area contributed by atoms with E-state index in [1.54, 1.807) is 0 Å². The molecule has 2 aliphatic rings. The molecule has 1 aromatic heterocycles. The molecule has 0 spiro atoms. The molecule has 0 aromatic carbocycles. The average molecular weight is 249 g/mol. The van der Waals surface area contributed by atoms with Crippen molar-refractivity contribution in [2.24, 2.45) is 11.8 Å². The maximum Gasteiger partial charge on any atom is 0.226 e. The molecule has 0 radical (unpaired) electrons. The zero-order valence-corrected chi connectivity index (χ0v) is 11.2. The van der Waals surface area contributed by atoms with E-state index in [0.29, 0.717) is 11.8 Å². The van der Waals surface area contributed by atoms with E-state index >= 15 is 0 Å². The summed E-state index contributed by atoms with van der Waals surface area (Å²) in [5.74, 6) is 3.83. The predicted molar refractivity (Wildman–Crippen MR) is 69.4 cm³/mol. The molecule has 3 unspecified atom stereocenters. The van der Waals surface area contributed by atoms with Gasteiger partial charge in [-0.25, -0.2) is 0 Å². The second-order valence-corrected chi connectivity index (χ2v) is 6.08. The molecule has 4 heteroatoms. The zero-order chi connectivity index (χ0) is 12.4. The number of hydrogen-bond donors (Lipinski definition) is 1. The third-order valence-electron chi connectivity index (χ3n) is 4.41. The van der Waals surface area contributed by atoms with Crippen molar-refractivity contribution in [3.05, 3.63) is 11.7 Å². The zero-order valence-electron chi connectivity index (χ0n) is 11.2. The number of nitrogens with one attached hydrogen (secondary N) is 1.